The Labute approximate surface area is 212 Å². The molecule has 5 nitrogen and oxygen atoms in total. The zero-order valence-corrected chi connectivity index (χ0v) is 21.6. The molecule has 0 saturated heterocycles. The Hall–Kier alpha value is -3.12. The van der Waals surface area contributed by atoms with Gasteiger partial charge in [0, 0.05) is 16.8 Å². The molecule has 1 aliphatic carbocycles. The third kappa shape index (κ3) is 6.51. The quantitative estimate of drug-likeness (QED) is 0.334. The van der Waals surface area contributed by atoms with Gasteiger partial charge in [-0.15, -0.1) is 11.3 Å². The maximum Gasteiger partial charge on any atom is 0.259 e. The number of fused-ring (bicyclic) bond motifs is 1. The molecule has 0 spiro atoms. The van der Waals surface area contributed by atoms with Gasteiger partial charge in [0.25, 0.3) is 5.91 Å². The molecule has 0 fully saturated rings. The molecule has 0 aliphatic heterocycles. The fraction of sp³-hybridized carbons (Fsp3) is 0.379. The highest BCUT2D eigenvalue weighted by molar-refractivity contribution is 7.16. The maximum atomic E-state index is 13.4. The topological polar surface area (TPSA) is 59.9 Å². The summed E-state index contributed by atoms with van der Waals surface area (Å²) in [5, 5.41) is 3.84. The van der Waals surface area contributed by atoms with Gasteiger partial charge in [-0.1, -0.05) is 44.9 Å². The highest BCUT2D eigenvalue weighted by Gasteiger charge is 2.24. The van der Waals surface area contributed by atoms with E-state index in [1.807, 2.05) is 54.7 Å². The van der Waals surface area contributed by atoms with E-state index in [9.17, 15) is 4.79 Å². The monoisotopic (exact) mass is 490 g/mol. The normalized spacial score (nSPS) is 13.8. The van der Waals surface area contributed by atoms with Crippen molar-refractivity contribution in [3.8, 4) is 11.5 Å². The van der Waals surface area contributed by atoms with E-state index in [-0.39, 0.29) is 5.91 Å². The fourth-order valence-corrected chi connectivity index (χ4v) is 5.45. The van der Waals surface area contributed by atoms with Gasteiger partial charge in [0.05, 0.1) is 19.3 Å². The van der Waals surface area contributed by atoms with Crippen molar-refractivity contribution in [1.29, 1.82) is 0 Å². The van der Waals surface area contributed by atoms with Crippen molar-refractivity contribution in [2.75, 3.05) is 19.0 Å². The first kappa shape index (κ1) is 25.0. The first-order chi connectivity index (χ1) is 17.0. The van der Waals surface area contributed by atoms with Crippen LogP contribution >= 0.6 is 11.3 Å². The highest BCUT2D eigenvalue weighted by Crippen LogP contribution is 2.39. The molecule has 35 heavy (non-hydrogen) atoms. The van der Waals surface area contributed by atoms with Crippen molar-refractivity contribution >= 4 is 34.1 Å². The van der Waals surface area contributed by atoms with Gasteiger partial charge in [-0.3, -0.25) is 4.79 Å². The third-order valence-corrected chi connectivity index (χ3v) is 7.20. The van der Waals surface area contributed by atoms with Crippen LogP contribution in [0.2, 0.25) is 0 Å². The molecular formula is C29H34N2O3S. The van der Waals surface area contributed by atoms with Crippen LogP contribution in [0.1, 0.15) is 65.9 Å². The number of ether oxygens (including phenoxy) is 2. The SMILES string of the molecule is COc1cc(C=Nc2sc3c(c2C(=O)Nc2ccccc2)CCCCCC3)ccc1OCC(C)C. The third-order valence-electron chi connectivity index (χ3n) is 6.00. The van der Waals surface area contributed by atoms with Crippen molar-refractivity contribution in [1.82, 2.24) is 0 Å². The maximum absolute atomic E-state index is 13.4. The Kier molecular flexibility index (Phi) is 8.59. The molecular weight excluding hydrogens is 456 g/mol. The average molecular weight is 491 g/mol. The minimum atomic E-state index is -0.0866. The Bertz CT molecular complexity index is 1170. The first-order valence-electron chi connectivity index (χ1n) is 12.4. The number of hydrogen-bond acceptors (Lipinski definition) is 5. The Balaban J connectivity index is 1.64. The first-order valence-corrected chi connectivity index (χ1v) is 13.2. The molecule has 1 N–H and O–H groups in total. The molecule has 1 heterocycles. The summed E-state index contributed by atoms with van der Waals surface area (Å²) in [6.07, 6.45) is 8.46. The highest BCUT2D eigenvalue weighted by atomic mass is 32.1. The molecule has 0 radical (unpaired) electrons. The number of thiophene rings is 1. The molecule has 0 unspecified atom stereocenters. The van der Waals surface area contributed by atoms with Crippen LogP contribution in [0.15, 0.2) is 53.5 Å². The van der Waals surface area contributed by atoms with Crippen LogP contribution in [0.5, 0.6) is 11.5 Å². The largest absolute Gasteiger partial charge is 0.493 e. The predicted octanol–water partition coefficient (Wildman–Crippen LogP) is 7.45. The van der Waals surface area contributed by atoms with Crippen LogP contribution in [-0.4, -0.2) is 25.8 Å². The lowest BCUT2D eigenvalue weighted by atomic mass is 9.96. The summed E-state index contributed by atoms with van der Waals surface area (Å²) in [6.45, 7) is 4.86. The number of hydrogen-bond donors (Lipinski definition) is 1. The number of methoxy groups -OCH3 is 1. The number of nitrogens with zero attached hydrogens (tertiary/aromatic N) is 1. The van der Waals surface area contributed by atoms with Crippen LogP contribution in [0.25, 0.3) is 0 Å². The Morgan fingerprint density at radius 2 is 1.83 bits per heavy atom. The van der Waals surface area contributed by atoms with Crippen molar-refractivity contribution < 1.29 is 14.3 Å². The molecule has 1 amide bonds. The van der Waals surface area contributed by atoms with Gasteiger partial charge < -0.3 is 14.8 Å². The summed E-state index contributed by atoms with van der Waals surface area (Å²) in [5.41, 5.74) is 3.58. The molecule has 2 aromatic carbocycles. The zero-order chi connectivity index (χ0) is 24.6. The number of rotatable bonds is 8. The smallest absolute Gasteiger partial charge is 0.259 e. The van der Waals surface area contributed by atoms with Gasteiger partial charge in [0.2, 0.25) is 0 Å². The lowest BCUT2D eigenvalue weighted by Gasteiger charge is -2.12. The molecule has 0 saturated carbocycles. The minimum Gasteiger partial charge on any atom is -0.493 e. The Morgan fingerprint density at radius 1 is 1.06 bits per heavy atom. The number of para-hydroxylation sites is 1. The van der Waals surface area contributed by atoms with Crippen molar-refractivity contribution in [2.45, 2.75) is 52.4 Å². The molecule has 0 atom stereocenters. The van der Waals surface area contributed by atoms with Gasteiger partial charge in [-0.2, -0.15) is 0 Å². The number of carbonyl (C=O) groups is 1. The predicted molar refractivity (Wildman–Crippen MR) is 145 cm³/mol. The van der Waals surface area contributed by atoms with Crippen molar-refractivity contribution in [3.05, 3.63) is 70.1 Å². The summed E-state index contributed by atoms with van der Waals surface area (Å²) >= 11 is 1.65. The lowest BCUT2D eigenvalue weighted by molar-refractivity contribution is 0.102. The van der Waals surface area contributed by atoms with Crippen molar-refractivity contribution in [3.63, 3.8) is 0 Å². The molecule has 6 heteroatoms. The van der Waals surface area contributed by atoms with E-state index in [0.29, 0.717) is 18.3 Å². The average Bonchev–Trinajstić information content (AvgIpc) is 3.18. The van der Waals surface area contributed by atoms with Gasteiger partial charge >= 0.3 is 0 Å². The van der Waals surface area contributed by atoms with Crippen LogP contribution in [0.4, 0.5) is 10.7 Å². The number of benzene rings is 2. The molecule has 184 valence electrons. The summed E-state index contributed by atoms with van der Waals surface area (Å²) in [7, 11) is 1.64. The number of nitrogens with one attached hydrogen (secondary N) is 1. The van der Waals surface area contributed by atoms with Gasteiger partial charge in [0.1, 0.15) is 5.00 Å². The van der Waals surface area contributed by atoms with E-state index in [1.54, 1.807) is 18.4 Å². The lowest BCUT2D eigenvalue weighted by Crippen LogP contribution is -2.14. The number of aryl methyl sites for hydroxylation is 1. The van der Waals surface area contributed by atoms with Crippen LogP contribution < -0.4 is 14.8 Å². The van der Waals surface area contributed by atoms with Crippen LogP contribution in [-0.2, 0) is 12.8 Å². The van der Waals surface area contributed by atoms with Crippen LogP contribution in [0, 0.1) is 5.92 Å². The summed E-state index contributed by atoms with van der Waals surface area (Å²) in [4.78, 5) is 19.6. The van der Waals surface area contributed by atoms with E-state index < -0.39 is 0 Å². The molecule has 3 aromatic rings. The van der Waals surface area contributed by atoms with Gasteiger partial charge in [-0.05, 0) is 73.1 Å². The second-order valence-electron chi connectivity index (χ2n) is 9.29. The second kappa shape index (κ2) is 12.0. The molecule has 1 aliphatic rings. The zero-order valence-electron chi connectivity index (χ0n) is 20.8. The molecule has 0 bridgehead atoms. The fourth-order valence-electron chi connectivity index (χ4n) is 4.22. The number of amides is 1. The number of anilines is 1. The van der Waals surface area contributed by atoms with Crippen LogP contribution in [0.3, 0.4) is 0 Å². The van der Waals surface area contributed by atoms with E-state index in [0.717, 1.165) is 53.2 Å². The van der Waals surface area contributed by atoms with E-state index >= 15 is 0 Å². The van der Waals surface area contributed by atoms with E-state index in [1.165, 1.54) is 23.3 Å². The Morgan fingerprint density at radius 3 is 2.57 bits per heavy atom. The van der Waals surface area contributed by atoms with Gasteiger partial charge in [0.15, 0.2) is 11.5 Å². The minimum absolute atomic E-state index is 0.0866. The number of aliphatic imine (C=N–C) groups is 1. The number of carbonyl (C=O) groups excluding carboxylic acids is 1. The van der Waals surface area contributed by atoms with E-state index in [2.05, 4.69) is 19.2 Å². The molecule has 4 rings (SSSR count). The standard InChI is InChI=1S/C29H34N2O3S/c1-20(2)19-34-24-16-15-21(17-25(24)33-3)18-30-29-27(28(32)31-22-11-7-6-8-12-22)23-13-9-4-5-10-14-26(23)35-29/h6-8,11-12,15-18,20H,4-5,9-10,13-14,19H2,1-3H3,(H,31,32). The summed E-state index contributed by atoms with van der Waals surface area (Å²) < 4.78 is 11.4. The van der Waals surface area contributed by atoms with Gasteiger partial charge in [-0.25, -0.2) is 4.99 Å². The summed E-state index contributed by atoms with van der Waals surface area (Å²) in [6, 6.07) is 15.4. The summed E-state index contributed by atoms with van der Waals surface area (Å²) in [5.74, 6) is 1.74. The molecule has 1 aromatic heterocycles. The van der Waals surface area contributed by atoms with E-state index in [4.69, 9.17) is 14.5 Å². The second-order valence-corrected chi connectivity index (χ2v) is 10.4. The van der Waals surface area contributed by atoms with Crippen molar-refractivity contribution in [2.24, 2.45) is 10.9 Å².